The van der Waals surface area contributed by atoms with Crippen molar-refractivity contribution in [1.82, 2.24) is 25.1 Å². The van der Waals surface area contributed by atoms with E-state index in [4.69, 9.17) is 16.3 Å². The van der Waals surface area contributed by atoms with Crippen molar-refractivity contribution in [1.29, 1.82) is 0 Å². The number of aryl methyl sites for hydroxylation is 3. The van der Waals surface area contributed by atoms with E-state index in [1.807, 2.05) is 13.0 Å². The Hall–Kier alpha value is -2.68. The van der Waals surface area contributed by atoms with Crippen LogP contribution in [0.1, 0.15) is 54.0 Å². The second kappa shape index (κ2) is 10.5. The topological polar surface area (TPSA) is 91.0 Å². The predicted octanol–water partition coefficient (Wildman–Crippen LogP) is 5.62. The lowest BCUT2D eigenvalue weighted by Crippen LogP contribution is -2.44. The first-order valence-electron chi connectivity index (χ1n) is 12.5. The molecule has 3 N–H and O–H groups in total. The molecule has 1 saturated carbocycles. The fourth-order valence-corrected chi connectivity index (χ4v) is 5.48. The number of aromatic amines is 1. The molecule has 0 radical (unpaired) electrons. The van der Waals surface area contributed by atoms with Gasteiger partial charge in [0.2, 0.25) is 5.95 Å². The molecule has 0 bridgehead atoms. The number of ether oxygens (including phenoxy) is 1. The van der Waals surface area contributed by atoms with Crippen molar-refractivity contribution in [3.05, 3.63) is 51.8 Å². The van der Waals surface area contributed by atoms with E-state index in [9.17, 15) is 0 Å². The molecule has 3 aromatic rings. The summed E-state index contributed by atoms with van der Waals surface area (Å²) in [6.07, 6.45) is 6.64. The summed E-state index contributed by atoms with van der Waals surface area (Å²) in [5, 5.41) is 14.1. The Morgan fingerprint density at radius 2 is 1.77 bits per heavy atom. The van der Waals surface area contributed by atoms with Crippen LogP contribution in [0.5, 0.6) is 0 Å². The van der Waals surface area contributed by atoms with Crippen LogP contribution in [0, 0.1) is 20.8 Å². The molecule has 5 rings (SSSR count). The summed E-state index contributed by atoms with van der Waals surface area (Å²) in [5.41, 5.74) is 5.94. The van der Waals surface area contributed by atoms with Crippen molar-refractivity contribution < 1.29 is 4.74 Å². The number of H-pyrrole nitrogens is 1. The van der Waals surface area contributed by atoms with Gasteiger partial charge in [-0.3, -0.25) is 10.00 Å². The number of aromatic nitrogens is 4. The maximum atomic E-state index is 6.32. The Morgan fingerprint density at radius 1 is 1.00 bits per heavy atom. The minimum atomic E-state index is 0.437. The van der Waals surface area contributed by atoms with Gasteiger partial charge in [-0.1, -0.05) is 17.7 Å². The molecule has 1 aromatic carbocycles. The van der Waals surface area contributed by atoms with Gasteiger partial charge in [0.05, 0.1) is 19.4 Å². The lowest BCUT2D eigenvalue weighted by molar-refractivity contribution is 0.00728. The summed E-state index contributed by atoms with van der Waals surface area (Å²) < 4.78 is 5.53. The number of nitrogens with zero attached hydrogens (tertiary/aromatic N) is 4. The zero-order valence-electron chi connectivity index (χ0n) is 20.7. The molecular formula is C26H34ClN7O. The van der Waals surface area contributed by atoms with Crippen molar-refractivity contribution in [3.8, 4) is 0 Å². The van der Waals surface area contributed by atoms with Crippen LogP contribution in [0.3, 0.4) is 0 Å². The third kappa shape index (κ3) is 5.60. The van der Waals surface area contributed by atoms with E-state index < -0.39 is 0 Å². The molecule has 0 amide bonds. The van der Waals surface area contributed by atoms with E-state index in [1.165, 1.54) is 42.4 Å². The minimum absolute atomic E-state index is 0.437. The zero-order valence-corrected chi connectivity index (χ0v) is 21.5. The molecule has 35 heavy (non-hydrogen) atoms. The van der Waals surface area contributed by atoms with Crippen molar-refractivity contribution in [2.75, 3.05) is 36.9 Å². The molecule has 9 heteroatoms. The maximum absolute atomic E-state index is 6.32. The third-order valence-corrected chi connectivity index (χ3v) is 7.53. The largest absolute Gasteiger partial charge is 0.379 e. The molecule has 1 aliphatic carbocycles. The van der Waals surface area contributed by atoms with Gasteiger partial charge in [-0.05, 0) is 75.1 Å². The standard InChI is InChI=1S/C26H34ClN7O/c1-16-13-23(29-26-28-15-22(27)25(31-26)30-24-14-18(3)32-33-24)17(2)12-21(16)19-4-6-20(7-5-19)34-8-10-35-11-9-34/h12-15,19-20H,4-11H2,1-3H3,(H3,28,29,30,31,32,33)/t19-,20+. The van der Waals surface area contributed by atoms with Crippen LogP contribution < -0.4 is 10.6 Å². The van der Waals surface area contributed by atoms with Gasteiger partial charge in [0.15, 0.2) is 11.6 Å². The summed E-state index contributed by atoms with van der Waals surface area (Å²) in [6.45, 7) is 10.2. The van der Waals surface area contributed by atoms with Crippen LogP contribution in [0.4, 0.5) is 23.3 Å². The fraction of sp³-hybridized carbons (Fsp3) is 0.500. The Morgan fingerprint density at radius 3 is 2.49 bits per heavy atom. The zero-order chi connectivity index (χ0) is 24.4. The first-order chi connectivity index (χ1) is 17.0. The molecule has 0 atom stereocenters. The predicted molar refractivity (Wildman–Crippen MR) is 140 cm³/mol. The Balaban J connectivity index is 1.26. The van der Waals surface area contributed by atoms with E-state index in [2.05, 4.69) is 61.7 Å². The molecular weight excluding hydrogens is 462 g/mol. The molecule has 0 unspecified atom stereocenters. The number of nitrogens with one attached hydrogen (secondary N) is 3. The lowest BCUT2D eigenvalue weighted by atomic mass is 9.79. The lowest BCUT2D eigenvalue weighted by Gasteiger charge is -2.39. The molecule has 1 aliphatic heterocycles. The highest BCUT2D eigenvalue weighted by atomic mass is 35.5. The maximum Gasteiger partial charge on any atom is 0.229 e. The van der Waals surface area contributed by atoms with Gasteiger partial charge < -0.3 is 15.4 Å². The highest BCUT2D eigenvalue weighted by Gasteiger charge is 2.28. The number of hydrogen-bond donors (Lipinski definition) is 3. The molecule has 1 saturated heterocycles. The van der Waals surface area contributed by atoms with Crippen LogP contribution >= 0.6 is 11.6 Å². The average Bonchev–Trinajstić information content (AvgIpc) is 3.28. The third-order valence-electron chi connectivity index (χ3n) is 7.25. The molecule has 8 nitrogen and oxygen atoms in total. The van der Waals surface area contributed by atoms with Crippen LogP contribution in [-0.2, 0) is 4.74 Å². The van der Waals surface area contributed by atoms with Crippen LogP contribution in [0.15, 0.2) is 24.4 Å². The number of halogens is 1. The molecule has 2 fully saturated rings. The van der Waals surface area contributed by atoms with Crippen molar-refractivity contribution in [2.24, 2.45) is 0 Å². The number of hydrogen-bond acceptors (Lipinski definition) is 7. The average molecular weight is 496 g/mol. The molecule has 186 valence electrons. The van der Waals surface area contributed by atoms with Crippen molar-refractivity contribution in [2.45, 2.75) is 58.4 Å². The number of anilines is 4. The molecule has 3 heterocycles. The minimum Gasteiger partial charge on any atom is -0.379 e. The molecule has 2 aromatic heterocycles. The monoisotopic (exact) mass is 495 g/mol. The van der Waals surface area contributed by atoms with E-state index in [1.54, 1.807) is 6.20 Å². The Labute approximate surface area is 211 Å². The van der Waals surface area contributed by atoms with Crippen LogP contribution in [0.2, 0.25) is 5.02 Å². The summed E-state index contributed by atoms with van der Waals surface area (Å²) in [4.78, 5) is 11.6. The van der Waals surface area contributed by atoms with Gasteiger partial charge in [0, 0.05) is 36.6 Å². The Kier molecular flexibility index (Phi) is 7.22. The van der Waals surface area contributed by atoms with E-state index in [0.29, 0.717) is 34.6 Å². The fourth-order valence-electron chi connectivity index (χ4n) is 5.35. The number of rotatable bonds is 6. The van der Waals surface area contributed by atoms with Gasteiger partial charge in [0.1, 0.15) is 5.02 Å². The SMILES string of the molecule is Cc1cc(Nc2nc(Nc3cc(C)c([C@H]4CC[C@@H](N5CCOCC5)CC4)cc3C)ncc2Cl)n[nH]1. The van der Waals surface area contributed by atoms with Crippen LogP contribution in [-0.4, -0.2) is 57.4 Å². The smallest absolute Gasteiger partial charge is 0.229 e. The summed E-state index contributed by atoms with van der Waals surface area (Å²) in [5.74, 6) is 2.29. The normalized spacial score (nSPS) is 21.1. The van der Waals surface area contributed by atoms with Gasteiger partial charge in [-0.2, -0.15) is 10.1 Å². The second-order valence-corrected chi connectivity index (χ2v) is 10.2. The second-order valence-electron chi connectivity index (χ2n) is 9.75. The van der Waals surface area contributed by atoms with E-state index in [-0.39, 0.29) is 0 Å². The first kappa shape index (κ1) is 24.0. The van der Waals surface area contributed by atoms with Gasteiger partial charge >= 0.3 is 0 Å². The summed E-state index contributed by atoms with van der Waals surface area (Å²) in [7, 11) is 0. The number of morpholine rings is 1. The van der Waals surface area contributed by atoms with Crippen LogP contribution in [0.25, 0.3) is 0 Å². The van der Waals surface area contributed by atoms with Crippen molar-refractivity contribution in [3.63, 3.8) is 0 Å². The van der Waals surface area contributed by atoms with Crippen molar-refractivity contribution >= 4 is 34.9 Å². The molecule has 2 aliphatic rings. The van der Waals surface area contributed by atoms with E-state index >= 15 is 0 Å². The van der Waals surface area contributed by atoms with E-state index in [0.717, 1.165) is 37.7 Å². The summed E-state index contributed by atoms with van der Waals surface area (Å²) in [6, 6.07) is 7.18. The highest BCUT2D eigenvalue weighted by molar-refractivity contribution is 6.32. The Bertz CT molecular complexity index is 1170. The summed E-state index contributed by atoms with van der Waals surface area (Å²) >= 11 is 6.32. The number of benzene rings is 1. The van der Waals surface area contributed by atoms with Gasteiger partial charge in [-0.15, -0.1) is 0 Å². The highest BCUT2D eigenvalue weighted by Crippen LogP contribution is 2.38. The van der Waals surface area contributed by atoms with Gasteiger partial charge in [0.25, 0.3) is 0 Å². The molecule has 0 spiro atoms. The first-order valence-corrected chi connectivity index (χ1v) is 12.9. The van der Waals surface area contributed by atoms with Gasteiger partial charge in [-0.25, -0.2) is 4.98 Å². The quantitative estimate of drug-likeness (QED) is 0.408.